The first-order valence-electron chi connectivity index (χ1n) is 5.73. The Morgan fingerprint density at radius 3 is 2.89 bits per heavy atom. The van der Waals surface area contributed by atoms with Crippen LogP contribution in [0.2, 0.25) is 0 Å². The summed E-state index contributed by atoms with van der Waals surface area (Å²) in [5.41, 5.74) is 0.393. The number of benzene rings is 1. The Morgan fingerprint density at radius 1 is 1.47 bits per heavy atom. The van der Waals surface area contributed by atoms with Crippen molar-refractivity contribution >= 4 is 45.3 Å². The van der Waals surface area contributed by atoms with Crippen molar-refractivity contribution in [3.05, 3.63) is 28.2 Å². The van der Waals surface area contributed by atoms with Crippen molar-refractivity contribution in [2.45, 2.75) is 6.04 Å². The van der Waals surface area contributed by atoms with Gasteiger partial charge in [-0.2, -0.15) is 11.8 Å². The van der Waals surface area contributed by atoms with Crippen molar-refractivity contribution in [3.8, 4) is 0 Å². The molecule has 0 saturated carbocycles. The van der Waals surface area contributed by atoms with E-state index >= 15 is 0 Å². The normalized spacial score (nSPS) is 18.9. The quantitative estimate of drug-likeness (QED) is 0.779. The molecule has 1 aliphatic rings. The van der Waals surface area contributed by atoms with E-state index in [1.807, 2.05) is 0 Å². The van der Waals surface area contributed by atoms with E-state index in [4.69, 9.17) is 5.11 Å². The van der Waals surface area contributed by atoms with E-state index in [1.165, 1.54) is 6.07 Å². The van der Waals surface area contributed by atoms with Gasteiger partial charge in [0.25, 0.3) is 0 Å². The number of anilines is 1. The summed E-state index contributed by atoms with van der Waals surface area (Å²) in [6.07, 6.45) is 0. The number of aromatic carboxylic acids is 1. The highest BCUT2D eigenvalue weighted by Crippen LogP contribution is 2.22. The summed E-state index contributed by atoms with van der Waals surface area (Å²) < 4.78 is 0.721. The van der Waals surface area contributed by atoms with E-state index in [0.717, 1.165) is 16.8 Å². The molecule has 19 heavy (non-hydrogen) atoms. The summed E-state index contributed by atoms with van der Waals surface area (Å²) in [6.45, 7) is 0.785. The largest absolute Gasteiger partial charge is 0.478 e. The van der Waals surface area contributed by atoms with Crippen LogP contribution >= 0.6 is 27.7 Å². The zero-order valence-corrected chi connectivity index (χ0v) is 12.4. The molecule has 0 aliphatic carbocycles. The predicted octanol–water partition coefficient (Wildman–Crippen LogP) is 1.79. The highest BCUT2D eigenvalue weighted by Gasteiger charge is 2.22. The highest BCUT2D eigenvalue weighted by molar-refractivity contribution is 9.10. The molecule has 2 rings (SSSR count). The summed E-state index contributed by atoms with van der Waals surface area (Å²) in [5, 5.41) is 14.9. The van der Waals surface area contributed by atoms with Crippen LogP contribution in [0.25, 0.3) is 0 Å². The monoisotopic (exact) mass is 344 g/mol. The lowest BCUT2D eigenvalue weighted by Crippen LogP contribution is -2.46. The van der Waals surface area contributed by atoms with Crippen molar-refractivity contribution in [1.82, 2.24) is 5.32 Å². The van der Waals surface area contributed by atoms with Crippen molar-refractivity contribution in [3.63, 3.8) is 0 Å². The molecule has 1 saturated heterocycles. The molecule has 1 aliphatic heterocycles. The van der Waals surface area contributed by atoms with E-state index in [0.29, 0.717) is 11.4 Å². The third-order valence-corrected chi connectivity index (χ3v) is 4.26. The maximum Gasteiger partial charge on any atom is 0.337 e. The van der Waals surface area contributed by atoms with Gasteiger partial charge in [0.1, 0.15) is 0 Å². The zero-order chi connectivity index (χ0) is 13.8. The van der Waals surface area contributed by atoms with E-state index in [-0.39, 0.29) is 17.5 Å². The zero-order valence-electron chi connectivity index (χ0n) is 9.98. The van der Waals surface area contributed by atoms with E-state index in [2.05, 4.69) is 26.6 Å². The molecule has 7 heteroatoms. The number of carboxylic acids is 1. The lowest BCUT2D eigenvalue weighted by atomic mass is 10.1. The van der Waals surface area contributed by atoms with Crippen molar-refractivity contribution in [1.29, 1.82) is 0 Å². The van der Waals surface area contributed by atoms with Crippen LogP contribution < -0.4 is 10.6 Å². The third kappa shape index (κ3) is 3.71. The van der Waals surface area contributed by atoms with Gasteiger partial charge in [-0.05, 0) is 18.2 Å². The molecule has 1 unspecified atom stereocenters. The molecule has 0 spiro atoms. The van der Waals surface area contributed by atoms with Crippen LogP contribution in [0.15, 0.2) is 22.7 Å². The Balaban J connectivity index is 2.15. The maximum atomic E-state index is 12.1. The van der Waals surface area contributed by atoms with Gasteiger partial charge in [0.05, 0.1) is 17.3 Å². The van der Waals surface area contributed by atoms with Crippen molar-refractivity contribution in [2.75, 3.05) is 23.4 Å². The second-order valence-electron chi connectivity index (χ2n) is 4.07. The minimum Gasteiger partial charge on any atom is -0.478 e. The molecular weight excluding hydrogens is 332 g/mol. The van der Waals surface area contributed by atoms with Crippen LogP contribution in [0.4, 0.5) is 5.69 Å². The number of carbonyl (C=O) groups excluding carboxylic acids is 1. The molecule has 1 fully saturated rings. The Morgan fingerprint density at radius 2 is 2.26 bits per heavy atom. The Bertz CT molecular complexity index is 504. The van der Waals surface area contributed by atoms with Crippen molar-refractivity contribution in [2.24, 2.45) is 0 Å². The molecule has 0 radical (unpaired) electrons. The molecule has 1 atom stereocenters. The second kappa shape index (κ2) is 6.40. The average Bonchev–Trinajstić information content (AvgIpc) is 2.39. The smallest absolute Gasteiger partial charge is 0.337 e. The number of halogens is 1. The van der Waals surface area contributed by atoms with Gasteiger partial charge in [-0.25, -0.2) is 4.79 Å². The molecule has 3 N–H and O–H groups in total. The lowest BCUT2D eigenvalue weighted by Gasteiger charge is -2.22. The summed E-state index contributed by atoms with van der Waals surface area (Å²) in [5.74, 6) is 0.421. The molecular formula is C12H13BrN2O3S. The van der Waals surface area contributed by atoms with Crippen LogP contribution in [0.5, 0.6) is 0 Å². The number of hydrogen-bond acceptors (Lipinski definition) is 4. The summed E-state index contributed by atoms with van der Waals surface area (Å²) in [7, 11) is 0. The summed E-state index contributed by atoms with van der Waals surface area (Å²) in [4.78, 5) is 23.2. The molecule has 5 nitrogen and oxygen atoms in total. The van der Waals surface area contributed by atoms with Gasteiger partial charge in [-0.3, -0.25) is 4.79 Å². The van der Waals surface area contributed by atoms with E-state index in [1.54, 1.807) is 23.9 Å². The van der Waals surface area contributed by atoms with Gasteiger partial charge >= 0.3 is 5.97 Å². The fourth-order valence-electron chi connectivity index (χ4n) is 1.76. The number of rotatable bonds is 3. The molecule has 0 aromatic heterocycles. The summed E-state index contributed by atoms with van der Waals surface area (Å²) >= 11 is 4.97. The van der Waals surface area contributed by atoms with Gasteiger partial charge in [-0.15, -0.1) is 0 Å². The first-order valence-corrected chi connectivity index (χ1v) is 7.67. The van der Waals surface area contributed by atoms with Crippen LogP contribution in [0, 0.1) is 0 Å². The first kappa shape index (κ1) is 14.4. The molecule has 102 valence electrons. The Kier molecular flexibility index (Phi) is 4.84. The van der Waals surface area contributed by atoms with E-state index in [9.17, 15) is 9.59 Å². The fourth-order valence-corrected chi connectivity index (χ4v) is 3.05. The molecule has 1 heterocycles. The number of thioether (sulfide) groups is 1. The Hall–Kier alpha value is -1.05. The lowest BCUT2D eigenvalue weighted by molar-refractivity contribution is -0.117. The number of amides is 1. The minimum absolute atomic E-state index is 0.0833. The predicted molar refractivity (Wildman–Crippen MR) is 78.8 cm³/mol. The van der Waals surface area contributed by atoms with Crippen molar-refractivity contribution < 1.29 is 14.7 Å². The Labute approximate surface area is 123 Å². The van der Waals surface area contributed by atoms with Gasteiger partial charge < -0.3 is 15.7 Å². The molecule has 1 amide bonds. The van der Waals surface area contributed by atoms with Gasteiger partial charge in [0.15, 0.2) is 0 Å². The van der Waals surface area contributed by atoms with Crippen LogP contribution in [0.1, 0.15) is 10.4 Å². The van der Waals surface area contributed by atoms with Crippen LogP contribution in [-0.2, 0) is 4.79 Å². The number of carboxylic acid groups (broad SMARTS) is 1. The highest BCUT2D eigenvalue weighted by atomic mass is 79.9. The maximum absolute atomic E-state index is 12.1. The average molecular weight is 345 g/mol. The van der Waals surface area contributed by atoms with E-state index < -0.39 is 5.97 Å². The molecule has 0 bridgehead atoms. The standard InChI is InChI=1S/C12H13BrN2O3S/c13-7-1-2-8(12(17)18)9(5-7)15-11(16)10-6-19-4-3-14-10/h1-2,5,10,14H,3-4,6H2,(H,15,16)(H,17,18). The molecule has 1 aromatic rings. The third-order valence-electron chi connectivity index (χ3n) is 2.71. The van der Waals surface area contributed by atoms with Crippen LogP contribution in [0.3, 0.4) is 0 Å². The SMILES string of the molecule is O=C(O)c1ccc(Br)cc1NC(=O)C1CSCCN1. The first-order chi connectivity index (χ1) is 9.08. The molecule has 1 aromatic carbocycles. The second-order valence-corrected chi connectivity index (χ2v) is 6.13. The fraction of sp³-hybridized carbons (Fsp3) is 0.333. The van der Waals surface area contributed by atoms with Crippen LogP contribution in [-0.4, -0.2) is 41.1 Å². The summed E-state index contributed by atoms with van der Waals surface area (Å²) in [6, 6.07) is 4.41. The van der Waals surface area contributed by atoms with Gasteiger partial charge in [0, 0.05) is 22.5 Å². The van der Waals surface area contributed by atoms with Gasteiger partial charge in [-0.1, -0.05) is 15.9 Å². The number of nitrogens with one attached hydrogen (secondary N) is 2. The number of carbonyl (C=O) groups is 2. The van der Waals surface area contributed by atoms with Gasteiger partial charge in [0.2, 0.25) is 5.91 Å². The number of hydrogen-bond donors (Lipinski definition) is 3. The topological polar surface area (TPSA) is 78.4 Å². The minimum atomic E-state index is -1.06.